The van der Waals surface area contributed by atoms with Crippen molar-refractivity contribution >= 4 is 17.3 Å². The first-order valence-electron chi connectivity index (χ1n) is 9.01. The van der Waals surface area contributed by atoms with E-state index in [9.17, 15) is 20.0 Å². The van der Waals surface area contributed by atoms with Crippen LogP contribution < -0.4 is 4.90 Å². The van der Waals surface area contributed by atoms with E-state index in [0.717, 1.165) is 45.2 Å². The van der Waals surface area contributed by atoms with Gasteiger partial charge >= 0.3 is 0 Å². The molecule has 0 radical (unpaired) electrons. The number of likely N-dealkylation sites (tertiary alicyclic amines) is 1. The second-order valence-electron chi connectivity index (χ2n) is 6.96. The Kier molecular flexibility index (Phi) is 5.22. The van der Waals surface area contributed by atoms with Gasteiger partial charge in [0.15, 0.2) is 0 Å². The van der Waals surface area contributed by atoms with E-state index in [2.05, 4.69) is 0 Å². The van der Waals surface area contributed by atoms with Crippen molar-refractivity contribution in [2.75, 3.05) is 24.5 Å². The fourth-order valence-electron chi connectivity index (χ4n) is 3.91. The second kappa shape index (κ2) is 7.39. The Morgan fingerprint density at radius 1 is 1.24 bits per heavy atom. The van der Waals surface area contributed by atoms with Gasteiger partial charge in [0.25, 0.3) is 11.6 Å². The van der Waals surface area contributed by atoms with Crippen LogP contribution in [0.3, 0.4) is 0 Å². The van der Waals surface area contributed by atoms with Gasteiger partial charge in [-0.2, -0.15) is 0 Å². The molecule has 7 heteroatoms. The van der Waals surface area contributed by atoms with Crippen LogP contribution in [0, 0.1) is 10.1 Å². The van der Waals surface area contributed by atoms with Gasteiger partial charge in [-0.15, -0.1) is 0 Å². The zero-order valence-electron chi connectivity index (χ0n) is 14.6. The number of amides is 1. The van der Waals surface area contributed by atoms with Gasteiger partial charge in [-0.1, -0.05) is 0 Å². The molecule has 2 unspecified atom stereocenters. The van der Waals surface area contributed by atoms with E-state index in [1.165, 1.54) is 6.07 Å². The number of piperidine rings is 1. The molecule has 2 heterocycles. The number of nitrogens with zero attached hydrogens (tertiary/aromatic N) is 3. The summed E-state index contributed by atoms with van der Waals surface area (Å²) < 4.78 is 0. The summed E-state index contributed by atoms with van der Waals surface area (Å²) in [5, 5.41) is 21.5. The molecule has 2 aliphatic heterocycles. The third kappa shape index (κ3) is 3.61. The molecule has 2 atom stereocenters. The largest absolute Gasteiger partial charge is 0.391 e. The van der Waals surface area contributed by atoms with Crippen LogP contribution in [-0.2, 0) is 0 Å². The van der Waals surface area contributed by atoms with Crippen LogP contribution in [0.1, 0.15) is 49.4 Å². The Hall–Kier alpha value is -2.15. The zero-order valence-corrected chi connectivity index (χ0v) is 14.6. The van der Waals surface area contributed by atoms with Crippen molar-refractivity contribution in [1.29, 1.82) is 0 Å². The van der Waals surface area contributed by atoms with Crippen molar-refractivity contribution in [3.05, 3.63) is 33.9 Å². The predicted octanol–water partition coefficient (Wildman–Crippen LogP) is 2.57. The van der Waals surface area contributed by atoms with Crippen LogP contribution in [0.2, 0.25) is 0 Å². The number of hydrogen-bond acceptors (Lipinski definition) is 5. The molecule has 1 N–H and O–H groups in total. The number of aliphatic hydroxyl groups excluding tert-OH is 1. The number of nitro groups is 1. The van der Waals surface area contributed by atoms with Gasteiger partial charge in [-0.3, -0.25) is 14.9 Å². The first kappa shape index (κ1) is 17.7. The molecule has 1 aromatic carbocycles. The van der Waals surface area contributed by atoms with Gasteiger partial charge in [-0.05, 0) is 51.2 Å². The summed E-state index contributed by atoms with van der Waals surface area (Å²) in [5.74, 6) is -0.235. The maximum absolute atomic E-state index is 12.9. The molecule has 0 aromatic heterocycles. The van der Waals surface area contributed by atoms with Crippen LogP contribution in [0.4, 0.5) is 11.4 Å². The summed E-state index contributed by atoms with van der Waals surface area (Å²) in [7, 11) is 0. The maximum Gasteiger partial charge on any atom is 0.293 e. The fraction of sp³-hybridized carbons (Fsp3) is 0.611. The molecule has 2 aliphatic rings. The Bertz CT molecular complexity index is 656. The molecule has 0 spiro atoms. The van der Waals surface area contributed by atoms with Crippen LogP contribution >= 0.6 is 0 Å². The first-order chi connectivity index (χ1) is 12.0. The average molecular weight is 347 g/mol. The molecule has 0 aliphatic carbocycles. The highest BCUT2D eigenvalue weighted by Gasteiger charge is 2.32. The minimum Gasteiger partial charge on any atom is -0.391 e. The number of rotatable bonds is 4. The average Bonchev–Trinajstić information content (AvgIpc) is 3.15. The van der Waals surface area contributed by atoms with E-state index in [1.54, 1.807) is 24.0 Å². The van der Waals surface area contributed by atoms with E-state index in [1.807, 2.05) is 4.90 Å². The van der Waals surface area contributed by atoms with E-state index >= 15 is 0 Å². The summed E-state index contributed by atoms with van der Waals surface area (Å²) in [4.78, 5) is 27.7. The predicted molar refractivity (Wildman–Crippen MR) is 94.9 cm³/mol. The van der Waals surface area contributed by atoms with Crippen molar-refractivity contribution in [2.45, 2.75) is 51.2 Å². The molecular formula is C18H25N3O4. The number of carbonyl (C=O) groups excluding carboxylic acids is 1. The molecule has 0 saturated carbocycles. The van der Waals surface area contributed by atoms with Gasteiger partial charge in [0.1, 0.15) is 5.69 Å². The van der Waals surface area contributed by atoms with Crippen molar-refractivity contribution in [2.24, 2.45) is 0 Å². The molecule has 3 rings (SSSR count). The zero-order chi connectivity index (χ0) is 18.0. The van der Waals surface area contributed by atoms with E-state index in [-0.39, 0.29) is 17.6 Å². The highest BCUT2D eigenvalue weighted by atomic mass is 16.6. The van der Waals surface area contributed by atoms with Crippen molar-refractivity contribution < 1.29 is 14.8 Å². The summed E-state index contributed by atoms with van der Waals surface area (Å²) in [6.45, 7) is 3.89. The summed E-state index contributed by atoms with van der Waals surface area (Å²) in [5.41, 5.74) is 0.894. The first-order valence-corrected chi connectivity index (χ1v) is 9.01. The minimum absolute atomic E-state index is 0.0154. The number of carbonyl (C=O) groups is 1. The molecule has 1 amide bonds. The third-order valence-electron chi connectivity index (χ3n) is 5.23. The molecule has 25 heavy (non-hydrogen) atoms. The standard InChI is InChI=1S/C18H25N3O4/c1-13(22)15-6-2-3-11-20(15)18(23)14-7-8-16(17(12-14)21(24)25)19-9-4-5-10-19/h7-8,12-13,15,22H,2-6,9-11H2,1H3. The van der Waals surface area contributed by atoms with Crippen LogP contribution in [0.15, 0.2) is 18.2 Å². The van der Waals surface area contributed by atoms with Gasteiger partial charge in [-0.25, -0.2) is 0 Å². The molecule has 0 bridgehead atoms. The molecule has 136 valence electrons. The lowest BCUT2D eigenvalue weighted by atomic mass is 9.97. The van der Waals surface area contributed by atoms with Crippen LogP contribution in [0.5, 0.6) is 0 Å². The lowest BCUT2D eigenvalue weighted by molar-refractivity contribution is -0.384. The molecule has 7 nitrogen and oxygen atoms in total. The SMILES string of the molecule is CC(O)C1CCCCN1C(=O)c1ccc(N2CCCC2)c([N+](=O)[O-])c1. The lowest BCUT2D eigenvalue weighted by Crippen LogP contribution is -2.48. The number of anilines is 1. The van der Waals surface area contributed by atoms with Gasteiger partial charge in [0.05, 0.1) is 17.1 Å². The highest BCUT2D eigenvalue weighted by Crippen LogP contribution is 2.32. The summed E-state index contributed by atoms with van der Waals surface area (Å²) in [6.07, 6.45) is 4.08. The molecule has 2 saturated heterocycles. The Morgan fingerprint density at radius 2 is 1.92 bits per heavy atom. The molecule has 1 aromatic rings. The summed E-state index contributed by atoms with van der Waals surface area (Å²) >= 11 is 0. The minimum atomic E-state index is -0.608. The number of hydrogen-bond donors (Lipinski definition) is 1. The van der Waals surface area contributed by atoms with E-state index < -0.39 is 11.0 Å². The van der Waals surface area contributed by atoms with Crippen LogP contribution in [0.25, 0.3) is 0 Å². The van der Waals surface area contributed by atoms with E-state index in [0.29, 0.717) is 17.8 Å². The second-order valence-corrected chi connectivity index (χ2v) is 6.96. The van der Waals surface area contributed by atoms with Crippen LogP contribution in [-0.4, -0.2) is 52.6 Å². The quantitative estimate of drug-likeness (QED) is 0.668. The van der Waals surface area contributed by atoms with Gasteiger partial charge < -0.3 is 14.9 Å². The monoisotopic (exact) mass is 347 g/mol. The topological polar surface area (TPSA) is 86.9 Å². The normalized spacial score (nSPS) is 22.1. The number of aliphatic hydroxyl groups is 1. The van der Waals surface area contributed by atoms with Gasteiger partial charge in [0.2, 0.25) is 0 Å². The fourth-order valence-corrected chi connectivity index (χ4v) is 3.91. The molecular weight excluding hydrogens is 322 g/mol. The Balaban J connectivity index is 1.89. The number of nitro benzene ring substituents is 1. The van der Waals surface area contributed by atoms with Crippen molar-refractivity contribution in [3.63, 3.8) is 0 Å². The van der Waals surface area contributed by atoms with Gasteiger partial charge in [0, 0.05) is 31.3 Å². The van der Waals surface area contributed by atoms with Crippen molar-refractivity contribution in [1.82, 2.24) is 4.90 Å². The van der Waals surface area contributed by atoms with Crippen molar-refractivity contribution in [3.8, 4) is 0 Å². The smallest absolute Gasteiger partial charge is 0.293 e. The number of benzene rings is 1. The Labute approximate surface area is 147 Å². The maximum atomic E-state index is 12.9. The Morgan fingerprint density at radius 3 is 2.56 bits per heavy atom. The summed E-state index contributed by atoms with van der Waals surface area (Å²) in [6, 6.07) is 4.54. The highest BCUT2D eigenvalue weighted by molar-refractivity contribution is 5.96. The van der Waals surface area contributed by atoms with E-state index in [4.69, 9.17) is 0 Å². The molecule has 2 fully saturated rings. The third-order valence-corrected chi connectivity index (χ3v) is 5.23. The lowest BCUT2D eigenvalue weighted by Gasteiger charge is -2.37.